The predicted molar refractivity (Wildman–Crippen MR) is 91.1 cm³/mol. The summed E-state index contributed by atoms with van der Waals surface area (Å²) in [4.78, 5) is 18.1. The zero-order valence-electron chi connectivity index (χ0n) is 13.4. The van der Waals surface area contributed by atoms with Crippen LogP contribution in [0.3, 0.4) is 0 Å². The van der Waals surface area contributed by atoms with Gasteiger partial charge in [-0.1, -0.05) is 0 Å². The molecule has 0 aliphatic heterocycles. The molecule has 0 fully saturated rings. The lowest BCUT2D eigenvalue weighted by atomic mass is 10.2. The largest absolute Gasteiger partial charge is 0.453 e. The molecule has 0 unspecified atom stereocenters. The molecule has 0 bridgehead atoms. The number of hydrogen-bond acceptors (Lipinski definition) is 7. The average Bonchev–Trinajstić information content (AvgIpc) is 3.02. The summed E-state index contributed by atoms with van der Waals surface area (Å²) in [5.41, 5.74) is 1.30. The van der Waals surface area contributed by atoms with E-state index >= 15 is 0 Å². The van der Waals surface area contributed by atoms with Gasteiger partial charge in [-0.3, -0.25) is 5.32 Å². The fourth-order valence-corrected chi connectivity index (χ4v) is 3.04. The van der Waals surface area contributed by atoms with Crippen molar-refractivity contribution < 1.29 is 22.1 Å². The maximum Gasteiger partial charge on any atom is 0.413 e. The summed E-state index contributed by atoms with van der Waals surface area (Å²) < 4.78 is 34.2. The lowest BCUT2D eigenvalue weighted by Crippen LogP contribution is -2.11. The van der Waals surface area contributed by atoms with Gasteiger partial charge in [0.15, 0.2) is 0 Å². The number of methoxy groups -OCH3 is 1. The second-order valence-corrected chi connectivity index (χ2v) is 6.60. The van der Waals surface area contributed by atoms with Gasteiger partial charge in [0.25, 0.3) is 0 Å². The molecule has 3 rings (SSSR count). The fraction of sp³-hybridized carbons (Fsp3) is 0.0625. The maximum absolute atomic E-state index is 12.3. The van der Waals surface area contributed by atoms with Crippen LogP contribution in [-0.4, -0.2) is 31.6 Å². The Balaban J connectivity index is 1.85. The Hall–Kier alpha value is -3.58. The summed E-state index contributed by atoms with van der Waals surface area (Å²) in [7, 11) is -2.84. The first-order valence-corrected chi connectivity index (χ1v) is 8.61. The van der Waals surface area contributed by atoms with Gasteiger partial charge in [0.2, 0.25) is 5.95 Å². The Kier molecular flexibility index (Phi) is 4.47. The van der Waals surface area contributed by atoms with E-state index in [9.17, 15) is 13.2 Å². The number of rotatable bonds is 4. The summed E-state index contributed by atoms with van der Waals surface area (Å²) in [6.07, 6.45) is -0.691. The number of carbonyl (C=O) groups excluding carboxylic acids is 1. The van der Waals surface area contributed by atoms with Gasteiger partial charge in [-0.25, -0.2) is 9.78 Å². The van der Waals surface area contributed by atoms with Crippen LogP contribution in [-0.2, 0) is 14.9 Å². The van der Waals surface area contributed by atoms with Crippen molar-refractivity contribution in [1.29, 1.82) is 5.26 Å². The van der Waals surface area contributed by atoms with E-state index in [1.165, 1.54) is 43.5 Å². The van der Waals surface area contributed by atoms with E-state index in [0.29, 0.717) is 16.6 Å². The third-order valence-electron chi connectivity index (χ3n) is 3.34. The van der Waals surface area contributed by atoms with E-state index in [4.69, 9.17) is 9.44 Å². The monoisotopic (exact) mass is 372 g/mol. The van der Waals surface area contributed by atoms with Crippen LogP contribution in [0.2, 0.25) is 0 Å². The molecule has 0 spiro atoms. The Morgan fingerprint density at radius 1 is 1.23 bits per heavy atom. The lowest BCUT2D eigenvalue weighted by molar-refractivity contribution is 0.186. The first kappa shape index (κ1) is 17.2. The number of benzene rings is 2. The molecular weight excluding hydrogens is 360 g/mol. The molecule has 0 saturated carbocycles. The molecule has 10 heteroatoms. The molecule has 2 N–H and O–H groups in total. The predicted octanol–water partition coefficient (Wildman–Crippen LogP) is 2.38. The number of nitrogens with zero attached hydrogens (tertiary/aromatic N) is 2. The van der Waals surface area contributed by atoms with Crippen molar-refractivity contribution in [2.45, 2.75) is 4.90 Å². The molecule has 1 aromatic heterocycles. The van der Waals surface area contributed by atoms with Gasteiger partial charge in [0.05, 0.1) is 29.8 Å². The molecule has 0 aliphatic rings. The maximum atomic E-state index is 12.3. The summed E-state index contributed by atoms with van der Waals surface area (Å²) >= 11 is 0. The summed E-state index contributed by atoms with van der Waals surface area (Å²) in [6, 6.07) is 11.7. The van der Waals surface area contributed by atoms with E-state index in [2.05, 4.69) is 20.0 Å². The number of carbonyl (C=O) groups is 1. The number of amides is 1. The van der Waals surface area contributed by atoms with E-state index in [-0.39, 0.29) is 16.6 Å². The number of fused-ring (bicyclic) bond motifs is 1. The third kappa shape index (κ3) is 3.57. The molecule has 0 aliphatic carbocycles. The van der Waals surface area contributed by atoms with Crippen LogP contribution in [0.4, 0.5) is 10.7 Å². The number of imidazole rings is 1. The molecule has 9 nitrogen and oxygen atoms in total. The fourth-order valence-electron chi connectivity index (χ4n) is 2.12. The molecule has 3 aromatic rings. The zero-order valence-corrected chi connectivity index (χ0v) is 14.2. The van der Waals surface area contributed by atoms with Crippen LogP contribution in [0.1, 0.15) is 5.56 Å². The Morgan fingerprint density at radius 2 is 1.96 bits per heavy atom. The second kappa shape index (κ2) is 6.73. The van der Waals surface area contributed by atoms with Crippen molar-refractivity contribution >= 4 is 33.2 Å². The average molecular weight is 372 g/mol. The number of hydrogen-bond donors (Lipinski definition) is 2. The number of ether oxygens (including phenoxy) is 1. The lowest BCUT2D eigenvalue weighted by Gasteiger charge is -2.06. The minimum atomic E-state index is -4.06. The quantitative estimate of drug-likeness (QED) is 0.671. The minimum Gasteiger partial charge on any atom is -0.453 e. The smallest absolute Gasteiger partial charge is 0.413 e. The standard InChI is InChI=1S/C16H12N4O5S/c1-24-16(21)20-15-18-13-7-4-11(8-14(13)19-15)25-26(22,23)12-5-2-10(9-17)3-6-12/h2-8H,1H3,(H2,18,19,20,21). The highest BCUT2D eigenvalue weighted by atomic mass is 32.2. The van der Waals surface area contributed by atoms with Crippen LogP contribution in [0.5, 0.6) is 5.75 Å². The van der Waals surface area contributed by atoms with Crippen LogP contribution in [0.15, 0.2) is 47.4 Å². The Morgan fingerprint density at radius 3 is 2.62 bits per heavy atom. The number of H-pyrrole nitrogens is 1. The van der Waals surface area contributed by atoms with Gasteiger partial charge in [-0.15, -0.1) is 0 Å². The Bertz CT molecular complexity index is 1110. The van der Waals surface area contributed by atoms with Crippen LogP contribution in [0.25, 0.3) is 11.0 Å². The van der Waals surface area contributed by atoms with Crippen LogP contribution in [0, 0.1) is 11.3 Å². The van der Waals surface area contributed by atoms with Crippen molar-refractivity contribution in [3.05, 3.63) is 48.0 Å². The summed E-state index contributed by atoms with van der Waals surface area (Å²) in [5.74, 6) is 0.205. The number of nitriles is 1. The Labute approximate surface area is 148 Å². The molecule has 0 atom stereocenters. The highest BCUT2D eigenvalue weighted by Gasteiger charge is 2.17. The second-order valence-electron chi connectivity index (χ2n) is 5.05. The summed E-state index contributed by atoms with van der Waals surface area (Å²) in [6.45, 7) is 0. The van der Waals surface area contributed by atoms with Gasteiger partial charge in [-0.05, 0) is 36.4 Å². The van der Waals surface area contributed by atoms with Crippen molar-refractivity contribution in [1.82, 2.24) is 9.97 Å². The van der Waals surface area contributed by atoms with E-state index in [0.717, 1.165) is 0 Å². The molecule has 1 heterocycles. The van der Waals surface area contributed by atoms with Gasteiger partial charge < -0.3 is 13.9 Å². The number of aromatic nitrogens is 2. The normalized spacial score (nSPS) is 10.9. The number of aromatic amines is 1. The molecule has 1 amide bonds. The van der Waals surface area contributed by atoms with Crippen molar-refractivity contribution in [2.75, 3.05) is 12.4 Å². The first-order chi connectivity index (χ1) is 12.4. The van der Waals surface area contributed by atoms with Gasteiger partial charge in [-0.2, -0.15) is 13.7 Å². The topological polar surface area (TPSA) is 134 Å². The third-order valence-corrected chi connectivity index (χ3v) is 4.60. The van der Waals surface area contributed by atoms with Gasteiger partial charge in [0, 0.05) is 6.07 Å². The minimum absolute atomic E-state index is 0.0537. The number of nitrogens with one attached hydrogen (secondary N) is 2. The van der Waals surface area contributed by atoms with Crippen molar-refractivity contribution in [2.24, 2.45) is 0 Å². The highest BCUT2D eigenvalue weighted by molar-refractivity contribution is 7.87. The van der Waals surface area contributed by atoms with Gasteiger partial charge >= 0.3 is 16.2 Å². The van der Waals surface area contributed by atoms with Gasteiger partial charge in [0.1, 0.15) is 10.6 Å². The first-order valence-electron chi connectivity index (χ1n) is 7.20. The molecule has 2 aromatic carbocycles. The molecular formula is C16H12N4O5S. The number of anilines is 1. The van der Waals surface area contributed by atoms with E-state index < -0.39 is 16.2 Å². The molecule has 132 valence electrons. The molecule has 0 radical (unpaired) electrons. The summed E-state index contributed by atoms with van der Waals surface area (Å²) in [5, 5.41) is 11.1. The zero-order chi connectivity index (χ0) is 18.7. The molecule has 26 heavy (non-hydrogen) atoms. The van der Waals surface area contributed by atoms with Crippen molar-refractivity contribution in [3.63, 3.8) is 0 Å². The van der Waals surface area contributed by atoms with Crippen LogP contribution < -0.4 is 9.50 Å². The van der Waals surface area contributed by atoms with E-state index in [1.807, 2.05) is 6.07 Å². The molecule has 0 saturated heterocycles. The van der Waals surface area contributed by atoms with Crippen molar-refractivity contribution in [3.8, 4) is 11.8 Å². The highest BCUT2D eigenvalue weighted by Crippen LogP contribution is 2.24. The SMILES string of the molecule is COC(=O)Nc1nc2cc(OS(=O)(=O)c3ccc(C#N)cc3)ccc2[nH]1. The van der Waals surface area contributed by atoms with Crippen LogP contribution >= 0.6 is 0 Å². The van der Waals surface area contributed by atoms with E-state index in [1.54, 1.807) is 6.07 Å².